The second-order valence-electron chi connectivity index (χ2n) is 6.91. The number of anilines is 1. The summed E-state index contributed by atoms with van der Waals surface area (Å²) < 4.78 is 23.3. The van der Waals surface area contributed by atoms with Crippen LogP contribution in [0.15, 0.2) is 35.8 Å². The van der Waals surface area contributed by atoms with Crippen LogP contribution >= 0.6 is 11.3 Å². The molecule has 0 radical (unpaired) electrons. The van der Waals surface area contributed by atoms with Crippen molar-refractivity contribution in [1.29, 1.82) is 0 Å². The summed E-state index contributed by atoms with van der Waals surface area (Å²) in [5.74, 6) is -0.695. The predicted molar refractivity (Wildman–Crippen MR) is 103 cm³/mol. The number of carbonyl (C=O) groups excluding carboxylic acids is 2. The van der Waals surface area contributed by atoms with E-state index in [1.807, 2.05) is 29.6 Å². The first kappa shape index (κ1) is 18.1. The molecule has 2 unspecified atom stereocenters. The van der Waals surface area contributed by atoms with Crippen LogP contribution in [0.4, 0.5) is 5.69 Å². The molecule has 2 fully saturated rings. The number of amides is 2. The maximum absolute atomic E-state index is 12.5. The van der Waals surface area contributed by atoms with Crippen LogP contribution in [0.25, 0.3) is 10.6 Å². The average molecular weight is 406 g/mol. The Morgan fingerprint density at radius 3 is 2.67 bits per heavy atom. The summed E-state index contributed by atoms with van der Waals surface area (Å²) in [6.07, 6.45) is 2.33. The Balaban J connectivity index is 1.38. The van der Waals surface area contributed by atoms with Gasteiger partial charge in [-0.1, -0.05) is 0 Å². The van der Waals surface area contributed by atoms with Gasteiger partial charge in [0.2, 0.25) is 11.8 Å². The fraction of sp³-hybridized carbons (Fsp3) is 0.389. The minimum Gasteiger partial charge on any atom is -0.338 e. The number of sulfone groups is 1. The average Bonchev–Trinajstić information content (AvgIpc) is 3.35. The van der Waals surface area contributed by atoms with Gasteiger partial charge in [0.25, 0.3) is 0 Å². The largest absolute Gasteiger partial charge is 0.338 e. The molecule has 1 aromatic carbocycles. The highest BCUT2D eigenvalue weighted by molar-refractivity contribution is 7.91. The van der Waals surface area contributed by atoms with Crippen LogP contribution < -0.4 is 5.32 Å². The molecule has 2 amide bonds. The number of rotatable bonds is 4. The second-order valence-corrected chi connectivity index (χ2v) is 10.0. The summed E-state index contributed by atoms with van der Waals surface area (Å²) in [7, 11) is -3.06. The van der Waals surface area contributed by atoms with Gasteiger partial charge in [-0.25, -0.2) is 13.4 Å². The molecular weight excluding hydrogens is 386 g/mol. The standard InChI is InChI=1S/C18H19N3O4S2/c22-16-9-13(10-21(16)15-5-8-27(24,25)11-15)17(23)20-14-3-1-12(2-4-14)18-19-6-7-26-18/h1-4,6-7,13,15H,5,8-11H2,(H,20,23). The molecule has 0 spiro atoms. The number of nitrogens with zero attached hydrogens (tertiary/aromatic N) is 2. The van der Waals surface area contributed by atoms with Gasteiger partial charge in [0.1, 0.15) is 5.01 Å². The third-order valence-electron chi connectivity index (χ3n) is 5.01. The molecule has 3 heterocycles. The van der Waals surface area contributed by atoms with Crippen molar-refractivity contribution in [2.24, 2.45) is 5.92 Å². The molecule has 0 saturated carbocycles. The molecular formula is C18H19N3O4S2. The minimum absolute atomic E-state index is 0.00525. The lowest BCUT2D eigenvalue weighted by atomic mass is 10.1. The first-order chi connectivity index (χ1) is 12.9. The van der Waals surface area contributed by atoms with Crippen LogP contribution in [0.1, 0.15) is 12.8 Å². The van der Waals surface area contributed by atoms with Crippen molar-refractivity contribution in [3.63, 3.8) is 0 Å². The molecule has 1 aromatic heterocycles. The molecule has 0 bridgehead atoms. The number of hydrogen-bond acceptors (Lipinski definition) is 6. The molecule has 142 valence electrons. The molecule has 1 N–H and O–H groups in total. The summed E-state index contributed by atoms with van der Waals surface area (Å²) in [6.45, 7) is 0.280. The smallest absolute Gasteiger partial charge is 0.229 e. The summed E-state index contributed by atoms with van der Waals surface area (Å²) >= 11 is 1.54. The highest BCUT2D eigenvalue weighted by Gasteiger charge is 2.41. The van der Waals surface area contributed by atoms with Crippen LogP contribution in [0, 0.1) is 5.92 Å². The van der Waals surface area contributed by atoms with E-state index in [2.05, 4.69) is 10.3 Å². The monoisotopic (exact) mass is 405 g/mol. The molecule has 2 atom stereocenters. The van der Waals surface area contributed by atoms with Gasteiger partial charge >= 0.3 is 0 Å². The van der Waals surface area contributed by atoms with Crippen molar-refractivity contribution in [3.8, 4) is 10.6 Å². The van der Waals surface area contributed by atoms with Gasteiger partial charge in [0, 0.05) is 41.8 Å². The quantitative estimate of drug-likeness (QED) is 0.836. The number of thiazole rings is 1. The molecule has 2 aliphatic rings. The lowest BCUT2D eigenvalue weighted by Gasteiger charge is -2.22. The fourth-order valence-corrected chi connectivity index (χ4v) is 5.96. The van der Waals surface area contributed by atoms with Crippen molar-refractivity contribution in [2.45, 2.75) is 18.9 Å². The number of hydrogen-bond donors (Lipinski definition) is 1. The van der Waals surface area contributed by atoms with Crippen molar-refractivity contribution >= 4 is 38.7 Å². The third-order valence-corrected chi connectivity index (χ3v) is 7.58. The van der Waals surface area contributed by atoms with Crippen molar-refractivity contribution in [3.05, 3.63) is 35.8 Å². The normalized spacial score (nSPS) is 24.3. The molecule has 0 aliphatic carbocycles. The summed E-state index contributed by atoms with van der Waals surface area (Å²) in [5.41, 5.74) is 1.64. The Kier molecular flexibility index (Phi) is 4.73. The van der Waals surface area contributed by atoms with Crippen LogP contribution in [0.3, 0.4) is 0 Å². The summed E-state index contributed by atoms with van der Waals surface area (Å²) in [6, 6.07) is 7.12. The summed E-state index contributed by atoms with van der Waals surface area (Å²) in [5, 5.41) is 5.67. The zero-order valence-electron chi connectivity index (χ0n) is 14.5. The zero-order chi connectivity index (χ0) is 19.0. The number of aromatic nitrogens is 1. The van der Waals surface area contributed by atoms with E-state index >= 15 is 0 Å². The molecule has 4 rings (SSSR count). The maximum atomic E-state index is 12.5. The topological polar surface area (TPSA) is 96.4 Å². The van der Waals surface area contributed by atoms with Crippen molar-refractivity contribution in [1.82, 2.24) is 9.88 Å². The molecule has 2 saturated heterocycles. The lowest BCUT2D eigenvalue weighted by Crippen LogP contribution is -2.38. The first-order valence-corrected chi connectivity index (χ1v) is 11.4. The SMILES string of the molecule is O=C(Nc1ccc(-c2nccs2)cc1)C1CC(=O)N(C2CCS(=O)(=O)C2)C1. The second kappa shape index (κ2) is 7.05. The first-order valence-electron chi connectivity index (χ1n) is 8.72. The van der Waals surface area contributed by atoms with Crippen molar-refractivity contribution < 1.29 is 18.0 Å². The number of carbonyl (C=O) groups is 2. The lowest BCUT2D eigenvalue weighted by molar-refractivity contribution is -0.129. The van der Waals surface area contributed by atoms with E-state index in [1.54, 1.807) is 22.4 Å². The van der Waals surface area contributed by atoms with Gasteiger partial charge in [-0.3, -0.25) is 9.59 Å². The van der Waals surface area contributed by atoms with Gasteiger partial charge < -0.3 is 10.2 Å². The van der Waals surface area contributed by atoms with Gasteiger partial charge in [0.15, 0.2) is 9.84 Å². The molecule has 2 aromatic rings. The van der Waals surface area contributed by atoms with E-state index in [4.69, 9.17) is 0 Å². The van der Waals surface area contributed by atoms with Gasteiger partial charge in [-0.2, -0.15) is 0 Å². The molecule has 27 heavy (non-hydrogen) atoms. The van der Waals surface area contributed by atoms with Crippen LogP contribution in [-0.2, 0) is 19.4 Å². The Morgan fingerprint density at radius 2 is 2.04 bits per heavy atom. The van der Waals surface area contributed by atoms with Gasteiger partial charge in [-0.15, -0.1) is 11.3 Å². The van der Waals surface area contributed by atoms with E-state index in [-0.39, 0.29) is 42.3 Å². The number of nitrogens with one attached hydrogen (secondary N) is 1. The van der Waals surface area contributed by atoms with Gasteiger partial charge in [0.05, 0.1) is 17.4 Å². The fourth-order valence-electron chi connectivity index (χ4n) is 3.59. The van der Waals surface area contributed by atoms with Crippen molar-refractivity contribution in [2.75, 3.05) is 23.4 Å². The van der Waals surface area contributed by atoms with Crippen LogP contribution in [-0.4, -0.2) is 54.2 Å². The van der Waals surface area contributed by atoms with Crippen LogP contribution in [0.5, 0.6) is 0 Å². The zero-order valence-corrected chi connectivity index (χ0v) is 16.1. The molecule has 9 heteroatoms. The Morgan fingerprint density at radius 1 is 1.26 bits per heavy atom. The number of benzene rings is 1. The van der Waals surface area contributed by atoms with E-state index in [0.717, 1.165) is 10.6 Å². The third kappa shape index (κ3) is 3.89. The highest BCUT2D eigenvalue weighted by atomic mass is 32.2. The highest BCUT2D eigenvalue weighted by Crippen LogP contribution is 2.28. The minimum atomic E-state index is -3.06. The predicted octanol–water partition coefficient (Wildman–Crippen LogP) is 1.78. The Bertz CT molecular complexity index is 955. The van der Waals surface area contributed by atoms with E-state index in [0.29, 0.717) is 12.1 Å². The Hall–Kier alpha value is -2.26. The van der Waals surface area contributed by atoms with E-state index in [9.17, 15) is 18.0 Å². The Labute approximate surface area is 161 Å². The van der Waals surface area contributed by atoms with E-state index < -0.39 is 15.8 Å². The number of likely N-dealkylation sites (tertiary alicyclic amines) is 1. The molecule has 7 nitrogen and oxygen atoms in total. The van der Waals surface area contributed by atoms with Gasteiger partial charge in [-0.05, 0) is 30.7 Å². The van der Waals surface area contributed by atoms with E-state index in [1.165, 1.54) is 0 Å². The molecule has 2 aliphatic heterocycles. The summed E-state index contributed by atoms with van der Waals surface area (Å²) in [4.78, 5) is 30.6. The maximum Gasteiger partial charge on any atom is 0.229 e. The van der Waals surface area contributed by atoms with Crippen LogP contribution in [0.2, 0.25) is 0 Å².